The summed E-state index contributed by atoms with van der Waals surface area (Å²) in [5.41, 5.74) is 2.93. The summed E-state index contributed by atoms with van der Waals surface area (Å²) < 4.78 is 50.7. The molecule has 0 bridgehead atoms. The molecule has 1 aromatic heterocycles. The number of alkyl halides is 3. The van der Waals surface area contributed by atoms with Gasteiger partial charge in [-0.25, -0.2) is 0 Å². The number of halogens is 3. The number of anilines is 1. The molecule has 1 aromatic carbocycles. The van der Waals surface area contributed by atoms with Crippen LogP contribution >= 0.6 is 0 Å². The summed E-state index contributed by atoms with van der Waals surface area (Å²) in [6, 6.07) is 12.0. The number of amides is 1. The fraction of sp³-hybridized carbons (Fsp3) is 0.520. The summed E-state index contributed by atoms with van der Waals surface area (Å²) >= 11 is 0. The zero-order valence-electron chi connectivity index (χ0n) is 21.3. The molecule has 1 radical (unpaired) electrons. The lowest BCUT2D eigenvalue weighted by Gasteiger charge is -2.50. The van der Waals surface area contributed by atoms with E-state index in [9.17, 15) is 22.8 Å². The predicted molar refractivity (Wildman–Crippen MR) is 134 cm³/mol. The number of pyridine rings is 1. The first-order valence-corrected chi connectivity index (χ1v) is 13.8. The maximum absolute atomic E-state index is 14.5. The van der Waals surface area contributed by atoms with E-state index in [1.165, 1.54) is 31.4 Å². The fourth-order valence-corrected chi connectivity index (χ4v) is 5.56. The molecule has 1 heterocycles. The number of hydrogen-bond acceptors (Lipinski definition) is 4. The van der Waals surface area contributed by atoms with E-state index in [2.05, 4.69) is 5.32 Å². The lowest BCUT2D eigenvalue weighted by Crippen LogP contribution is -2.67. The van der Waals surface area contributed by atoms with Crippen LogP contribution in [0.25, 0.3) is 11.3 Å². The summed E-state index contributed by atoms with van der Waals surface area (Å²) in [7, 11) is -1.68. The highest BCUT2D eigenvalue weighted by Crippen LogP contribution is 2.49. The Morgan fingerprint density at radius 3 is 2.11 bits per heavy atom. The number of hydrogen-bond donors (Lipinski definition) is 2. The van der Waals surface area contributed by atoms with Crippen molar-refractivity contribution < 1.29 is 22.4 Å². The van der Waals surface area contributed by atoms with Crippen molar-refractivity contribution in [1.29, 1.82) is 0 Å². The van der Waals surface area contributed by atoms with Crippen molar-refractivity contribution in [2.75, 3.05) is 5.73 Å². The monoisotopic (exact) mass is 510 g/mol. The Balaban J connectivity index is 2.61. The van der Waals surface area contributed by atoms with E-state index < -0.39 is 56.2 Å². The molecule has 0 saturated carbocycles. The number of benzene rings is 1. The molecule has 2 aromatic rings. The van der Waals surface area contributed by atoms with Gasteiger partial charge in [0.15, 0.2) is 0 Å². The number of aromatic nitrogens is 1. The van der Waals surface area contributed by atoms with Gasteiger partial charge in [-0.2, -0.15) is 13.2 Å². The Morgan fingerprint density at radius 2 is 1.66 bits per heavy atom. The summed E-state index contributed by atoms with van der Waals surface area (Å²) in [5.74, 6) is -3.49. The van der Waals surface area contributed by atoms with Crippen LogP contribution in [0.4, 0.5) is 18.9 Å². The second-order valence-corrected chi connectivity index (χ2v) is 12.3. The smallest absolute Gasteiger partial charge is 0.394 e. The lowest BCUT2D eigenvalue weighted by molar-refractivity contribution is -0.265. The summed E-state index contributed by atoms with van der Waals surface area (Å²) in [6.45, 7) is 10.5. The Morgan fingerprint density at radius 1 is 1.09 bits per heavy atom. The van der Waals surface area contributed by atoms with Crippen molar-refractivity contribution in [3.8, 4) is 11.3 Å². The minimum absolute atomic E-state index is 0.0701. The van der Waals surface area contributed by atoms with Gasteiger partial charge in [-0.15, -0.1) is 0 Å². The summed E-state index contributed by atoms with van der Waals surface area (Å²) in [5, 5.41) is 2.59. The van der Waals surface area contributed by atoms with E-state index in [4.69, 9.17) is 10.2 Å². The van der Waals surface area contributed by atoms with Gasteiger partial charge in [-0.05, 0) is 36.2 Å². The zero-order chi connectivity index (χ0) is 26.8. The van der Waals surface area contributed by atoms with E-state index in [0.717, 1.165) is 0 Å². The second-order valence-electron chi connectivity index (χ2n) is 10.3. The van der Waals surface area contributed by atoms with E-state index in [1.54, 1.807) is 57.3 Å². The Hall–Kier alpha value is -2.59. The first-order valence-electron chi connectivity index (χ1n) is 11.4. The molecule has 6 nitrogen and oxygen atoms in total. The van der Waals surface area contributed by atoms with Gasteiger partial charge in [-0.3, -0.25) is 14.2 Å². The van der Waals surface area contributed by atoms with Crippen LogP contribution < -0.4 is 16.6 Å². The maximum Gasteiger partial charge on any atom is 0.396 e. The highest BCUT2D eigenvalue weighted by atomic mass is 28.3. The van der Waals surface area contributed by atoms with Crippen molar-refractivity contribution in [2.45, 2.75) is 66.2 Å². The Kier molecular flexibility index (Phi) is 8.65. The van der Waals surface area contributed by atoms with Gasteiger partial charge in [0.2, 0.25) is 14.9 Å². The van der Waals surface area contributed by atoms with Crippen molar-refractivity contribution in [3.63, 3.8) is 0 Å². The van der Waals surface area contributed by atoms with Crippen molar-refractivity contribution in [3.05, 3.63) is 52.8 Å². The van der Waals surface area contributed by atoms with Crippen molar-refractivity contribution in [1.82, 2.24) is 9.88 Å². The molecule has 0 spiro atoms. The largest absolute Gasteiger partial charge is 0.396 e. The van der Waals surface area contributed by atoms with Crippen LogP contribution in [0.2, 0.25) is 13.1 Å². The molecular formula is C25H35F3N3O3Si. The molecule has 35 heavy (non-hydrogen) atoms. The van der Waals surface area contributed by atoms with Crippen LogP contribution in [0, 0.1) is 17.3 Å². The first kappa shape index (κ1) is 28.6. The lowest BCUT2D eigenvalue weighted by atomic mass is 9.70. The van der Waals surface area contributed by atoms with Crippen molar-refractivity contribution >= 4 is 20.6 Å². The Bertz CT molecular complexity index is 1070. The zero-order valence-corrected chi connectivity index (χ0v) is 22.3. The number of nitrogen functional groups attached to an aromatic ring is 1. The molecule has 0 saturated heterocycles. The highest BCUT2D eigenvalue weighted by Gasteiger charge is 2.61. The van der Waals surface area contributed by atoms with Gasteiger partial charge in [0, 0.05) is 5.92 Å². The molecule has 0 aliphatic rings. The predicted octanol–water partition coefficient (Wildman–Crippen LogP) is 5.06. The van der Waals surface area contributed by atoms with Crippen LogP contribution in [0.5, 0.6) is 0 Å². The second kappa shape index (κ2) is 10.6. The molecule has 0 fully saturated rings. The van der Waals surface area contributed by atoms with Gasteiger partial charge in [0.1, 0.15) is 18.2 Å². The van der Waals surface area contributed by atoms with Gasteiger partial charge in [0.25, 0.3) is 5.56 Å². The van der Waals surface area contributed by atoms with Gasteiger partial charge in [-0.1, -0.05) is 65.0 Å². The molecule has 10 heteroatoms. The quantitative estimate of drug-likeness (QED) is 0.384. The molecule has 2 rings (SSSR count). The number of rotatable bonds is 8. The minimum Gasteiger partial charge on any atom is -0.394 e. The van der Waals surface area contributed by atoms with E-state index in [0.29, 0.717) is 11.3 Å². The molecule has 1 amide bonds. The molecule has 0 aliphatic carbocycles. The molecule has 3 N–H and O–H groups in total. The SMILES string of the molecule is CC(C)C(NC(=O)Cn1c(-c2ccccc2)ccc(N)c1=O)(O[Si](C)C)C(C(C)(C)C)C(F)(F)F. The van der Waals surface area contributed by atoms with Crippen molar-refractivity contribution in [2.24, 2.45) is 17.3 Å². The van der Waals surface area contributed by atoms with E-state index in [1.807, 2.05) is 6.07 Å². The Labute approximate surface area is 206 Å². The van der Waals surface area contributed by atoms with Gasteiger partial charge in [0.05, 0.1) is 11.4 Å². The number of nitrogens with two attached hydrogens (primary N) is 1. The number of carbonyl (C=O) groups is 1. The third-order valence-corrected chi connectivity index (χ3v) is 6.51. The first-order chi connectivity index (χ1) is 16.0. The van der Waals surface area contributed by atoms with Crippen LogP contribution in [0.15, 0.2) is 47.3 Å². The maximum atomic E-state index is 14.5. The average Bonchev–Trinajstić information content (AvgIpc) is 2.69. The normalized spacial score (nSPS) is 15.2. The molecule has 2 atom stereocenters. The van der Waals surface area contributed by atoms with Crippen LogP contribution in [0.1, 0.15) is 34.6 Å². The van der Waals surface area contributed by atoms with E-state index >= 15 is 0 Å². The molecular weight excluding hydrogens is 475 g/mol. The van der Waals surface area contributed by atoms with Crippen LogP contribution in [-0.4, -0.2) is 31.4 Å². The minimum atomic E-state index is -4.66. The number of nitrogens with zero attached hydrogens (tertiary/aromatic N) is 1. The summed E-state index contributed by atoms with van der Waals surface area (Å²) in [6.07, 6.45) is -4.66. The average molecular weight is 511 g/mol. The topological polar surface area (TPSA) is 86.4 Å². The van der Waals surface area contributed by atoms with Gasteiger partial charge >= 0.3 is 6.18 Å². The van der Waals surface area contributed by atoms with E-state index in [-0.39, 0.29) is 5.69 Å². The van der Waals surface area contributed by atoms with Crippen LogP contribution in [-0.2, 0) is 15.8 Å². The molecule has 2 unspecified atom stereocenters. The summed E-state index contributed by atoms with van der Waals surface area (Å²) in [4.78, 5) is 26.3. The highest BCUT2D eigenvalue weighted by molar-refractivity contribution is 6.48. The molecule has 0 aliphatic heterocycles. The molecule has 193 valence electrons. The number of carbonyl (C=O) groups excluding carboxylic acids is 1. The third kappa shape index (κ3) is 6.55. The van der Waals surface area contributed by atoms with Crippen LogP contribution in [0.3, 0.4) is 0 Å². The third-order valence-electron chi connectivity index (χ3n) is 5.76. The number of nitrogens with one attached hydrogen (secondary N) is 1. The standard InChI is InChI=1S/C25H35F3N3O3Si/c1-16(2)24(34-35(6)7,22(23(3,4)5)25(26,27)28)30-20(32)15-31-19(14-13-18(29)21(31)33)17-11-9-8-10-12-17/h8-14,16,22H,15,29H2,1-7H3,(H,30,32). The van der Waals surface area contributed by atoms with Gasteiger partial charge < -0.3 is 15.5 Å². The fourth-order valence-electron chi connectivity index (χ4n) is 4.48.